The lowest BCUT2D eigenvalue weighted by Gasteiger charge is -2.30. The first-order chi connectivity index (χ1) is 10.2. The van der Waals surface area contributed by atoms with Crippen molar-refractivity contribution in [3.63, 3.8) is 0 Å². The van der Waals surface area contributed by atoms with Crippen molar-refractivity contribution in [1.82, 2.24) is 4.90 Å². The number of likely N-dealkylation sites (tertiary alicyclic amines) is 1. The van der Waals surface area contributed by atoms with E-state index in [1.807, 2.05) is 0 Å². The molecular formula is C15H23NO6. The molecule has 0 aromatic carbocycles. The number of hydrogen-bond donors (Lipinski definition) is 1. The smallest absolute Gasteiger partial charge is 0.411 e. The summed E-state index contributed by atoms with van der Waals surface area (Å²) in [7, 11) is 0. The Balaban J connectivity index is 1.76. The third-order valence-electron chi connectivity index (χ3n) is 4.59. The average molecular weight is 313 g/mol. The maximum Gasteiger partial charge on any atom is 0.411 e. The van der Waals surface area contributed by atoms with Crippen LogP contribution in [0.15, 0.2) is 0 Å². The summed E-state index contributed by atoms with van der Waals surface area (Å²) in [4.78, 5) is 25.3. The maximum absolute atomic E-state index is 12.3. The fourth-order valence-corrected chi connectivity index (χ4v) is 3.88. The largest absolute Gasteiger partial charge is 0.480 e. The highest BCUT2D eigenvalue weighted by Gasteiger charge is 2.59. The van der Waals surface area contributed by atoms with Crippen molar-refractivity contribution in [3.05, 3.63) is 0 Å². The van der Waals surface area contributed by atoms with Crippen LogP contribution < -0.4 is 0 Å². The van der Waals surface area contributed by atoms with Crippen LogP contribution in [-0.2, 0) is 19.0 Å². The van der Waals surface area contributed by atoms with Crippen LogP contribution in [-0.4, -0.2) is 59.3 Å². The molecule has 3 unspecified atom stereocenters. The Hall–Kier alpha value is -1.34. The Labute approximate surface area is 129 Å². The first-order valence-electron chi connectivity index (χ1n) is 7.71. The van der Waals surface area contributed by atoms with Gasteiger partial charge in [-0.3, -0.25) is 4.90 Å². The summed E-state index contributed by atoms with van der Waals surface area (Å²) in [5.74, 6) is -1.70. The molecule has 0 aromatic rings. The lowest BCUT2D eigenvalue weighted by molar-refractivity contribution is -0.160. The molecule has 1 N–H and O–H groups in total. The Morgan fingerprint density at radius 2 is 1.86 bits per heavy atom. The summed E-state index contributed by atoms with van der Waals surface area (Å²) < 4.78 is 16.7. The number of carboxylic acids is 1. The zero-order valence-electron chi connectivity index (χ0n) is 13.2. The molecule has 1 saturated carbocycles. The van der Waals surface area contributed by atoms with Crippen LogP contribution in [0.4, 0.5) is 4.79 Å². The predicted molar refractivity (Wildman–Crippen MR) is 75.2 cm³/mol. The maximum atomic E-state index is 12.3. The van der Waals surface area contributed by atoms with Crippen LogP contribution in [0.25, 0.3) is 0 Å². The normalized spacial score (nSPS) is 33.2. The molecule has 2 heterocycles. The zero-order chi connectivity index (χ0) is 16.1. The summed E-state index contributed by atoms with van der Waals surface area (Å²) in [5, 5.41) is 9.58. The molecule has 22 heavy (non-hydrogen) atoms. The van der Waals surface area contributed by atoms with Crippen molar-refractivity contribution in [1.29, 1.82) is 0 Å². The van der Waals surface area contributed by atoms with Gasteiger partial charge in [0.25, 0.3) is 0 Å². The van der Waals surface area contributed by atoms with Gasteiger partial charge in [-0.05, 0) is 26.7 Å². The molecule has 3 aliphatic rings. The number of aliphatic carboxylic acids is 1. The van der Waals surface area contributed by atoms with Crippen molar-refractivity contribution in [2.24, 2.45) is 11.8 Å². The minimum absolute atomic E-state index is 0.0757. The van der Waals surface area contributed by atoms with E-state index < -0.39 is 29.5 Å². The van der Waals surface area contributed by atoms with Gasteiger partial charge in [0.2, 0.25) is 0 Å². The third-order valence-corrected chi connectivity index (χ3v) is 4.59. The number of hydrogen-bond acceptors (Lipinski definition) is 5. The average Bonchev–Trinajstić information content (AvgIpc) is 3.01. The van der Waals surface area contributed by atoms with Crippen molar-refractivity contribution >= 4 is 12.1 Å². The SMILES string of the molecule is CC(C)(C)OC(=O)N1CC2CC3(CC2C1C(=O)O)OCCO3. The van der Waals surface area contributed by atoms with E-state index in [1.165, 1.54) is 4.90 Å². The standard InChI is InChI=1S/C15H23NO6/c1-14(2,3)22-13(19)16-8-9-6-15(20-4-5-21-15)7-10(9)11(16)12(17)18/h9-11H,4-8H2,1-3H3,(H,17,18). The molecule has 3 atom stereocenters. The molecule has 2 saturated heterocycles. The lowest BCUT2D eigenvalue weighted by atomic mass is 9.94. The Bertz CT molecular complexity index is 479. The number of fused-ring (bicyclic) bond motifs is 1. The van der Waals surface area contributed by atoms with E-state index in [0.29, 0.717) is 32.6 Å². The van der Waals surface area contributed by atoms with Crippen molar-refractivity contribution < 1.29 is 28.9 Å². The molecule has 7 heteroatoms. The number of ether oxygens (including phenoxy) is 3. The molecule has 2 aliphatic heterocycles. The van der Waals surface area contributed by atoms with Gasteiger partial charge in [0, 0.05) is 25.3 Å². The summed E-state index contributed by atoms with van der Waals surface area (Å²) in [6, 6.07) is -0.868. The van der Waals surface area contributed by atoms with Gasteiger partial charge < -0.3 is 19.3 Å². The van der Waals surface area contributed by atoms with Crippen LogP contribution in [0.2, 0.25) is 0 Å². The van der Waals surface area contributed by atoms with E-state index in [4.69, 9.17) is 14.2 Å². The highest BCUT2D eigenvalue weighted by molar-refractivity contribution is 5.81. The van der Waals surface area contributed by atoms with E-state index in [9.17, 15) is 14.7 Å². The van der Waals surface area contributed by atoms with Gasteiger partial charge in [0.15, 0.2) is 5.79 Å². The Morgan fingerprint density at radius 3 is 2.41 bits per heavy atom. The van der Waals surface area contributed by atoms with Crippen LogP contribution >= 0.6 is 0 Å². The van der Waals surface area contributed by atoms with Gasteiger partial charge in [-0.2, -0.15) is 0 Å². The van der Waals surface area contributed by atoms with Gasteiger partial charge in [-0.25, -0.2) is 9.59 Å². The number of carbonyl (C=O) groups is 2. The van der Waals surface area contributed by atoms with Crippen LogP contribution in [0, 0.1) is 11.8 Å². The van der Waals surface area contributed by atoms with Crippen LogP contribution in [0.1, 0.15) is 33.6 Å². The van der Waals surface area contributed by atoms with Crippen LogP contribution in [0.5, 0.6) is 0 Å². The van der Waals surface area contributed by atoms with Crippen molar-refractivity contribution in [2.45, 2.75) is 51.0 Å². The Kier molecular flexibility index (Phi) is 3.60. The van der Waals surface area contributed by atoms with Gasteiger partial charge in [-0.1, -0.05) is 0 Å². The van der Waals surface area contributed by atoms with E-state index in [1.54, 1.807) is 20.8 Å². The molecule has 3 rings (SSSR count). The molecule has 1 amide bonds. The third kappa shape index (κ3) is 2.67. The zero-order valence-corrected chi connectivity index (χ0v) is 13.2. The minimum Gasteiger partial charge on any atom is -0.480 e. The molecule has 3 fully saturated rings. The van der Waals surface area contributed by atoms with Gasteiger partial charge in [-0.15, -0.1) is 0 Å². The topological polar surface area (TPSA) is 85.3 Å². The number of carbonyl (C=O) groups excluding carboxylic acids is 1. The molecule has 1 spiro atoms. The fourth-order valence-electron chi connectivity index (χ4n) is 3.88. The monoisotopic (exact) mass is 313 g/mol. The van der Waals surface area contributed by atoms with E-state index in [2.05, 4.69) is 0 Å². The first kappa shape index (κ1) is 15.6. The van der Waals surface area contributed by atoms with E-state index >= 15 is 0 Å². The molecule has 0 radical (unpaired) electrons. The Morgan fingerprint density at radius 1 is 1.23 bits per heavy atom. The number of carboxylic acid groups (broad SMARTS) is 1. The quantitative estimate of drug-likeness (QED) is 0.789. The number of rotatable bonds is 1. The second-order valence-electron chi connectivity index (χ2n) is 7.36. The molecule has 124 valence electrons. The van der Waals surface area contributed by atoms with Gasteiger partial charge in [0.05, 0.1) is 13.2 Å². The molecule has 0 bridgehead atoms. The fraction of sp³-hybridized carbons (Fsp3) is 0.867. The minimum atomic E-state index is -0.992. The molecule has 0 aromatic heterocycles. The van der Waals surface area contributed by atoms with E-state index in [0.717, 1.165) is 0 Å². The highest BCUT2D eigenvalue weighted by Crippen LogP contribution is 2.50. The van der Waals surface area contributed by atoms with Gasteiger partial charge in [0.1, 0.15) is 11.6 Å². The highest BCUT2D eigenvalue weighted by atomic mass is 16.7. The summed E-state index contributed by atoms with van der Waals surface area (Å²) in [5.41, 5.74) is -0.642. The van der Waals surface area contributed by atoms with E-state index in [-0.39, 0.29) is 11.8 Å². The van der Waals surface area contributed by atoms with Gasteiger partial charge >= 0.3 is 12.1 Å². The number of nitrogens with zero attached hydrogens (tertiary/aromatic N) is 1. The van der Waals surface area contributed by atoms with Crippen molar-refractivity contribution in [2.75, 3.05) is 19.8 Å². The summed E-state index contributed by atoms with van der Waals surface area (Å²) in [6.45, 7) is 6.79. The first-order valence-corrected chi connectivity index (χ1v) is 7.71. The molecule has 7 nitrogen and oxygen atoms in total. The predicted octanol–water partition coefficient (Wildman–Crippen LogP) is 1.46. The summed E-state index contributed by atoms with van der Waals surface area (Å²) >= 11 is 0. The van der Waals surface area contributed by atoms with Crippen LogP contribution in [0.3, 0.4) is 0 Å². The molecule has 1 aliphatic carbocycles. The summed E-state index contributed by atoms with van der Waals surface area (Å²) in [6.07, 6.45) is 0.603. The number of amides is 1. The second-order valence-corrected chi connectivity index (χ2v) is 7.36. The molecular weight excluding hydrogens is 290 g/mol. The second kappa shape index (κ2) is 5.09. The lowest BCUT2D eigenvalue weighted by Crippen LogP contribution is -2.46. The van der Waals surface area contributed by atoms with Crippen molar-refractivity contribution in [3.8, 4) is 0 Å².